The molecule has 5 nitrogen and oxygen atoms in total. The summed E-state index contributed by atoms with van der Waals surface area (Å²) in [7, 11) is -1.11. The summed E-state index contributed by atoms with van der Waals surface area (Å²) in [5, 5.41) is 0. The van der Waals surface area contributed by atoms with Crippen LogP contribution in [0.5, 0.6) is 0 Å². The number of rotatable bonds is 4. The van der Waals surface area contributed by atoms with Crippen LogP contribution in [0.15, 0.2) is 0 Å². The molecule has 0 aromatic carbocycles. The second-order valence-electron chi connectivity index (χ2n) is 4.31. The smallest absolute Gasteiger partial charge is 0.154 e. The van der Waals surface area contributed by atoms with Crippen LogP contribution in [0, 0.1) is 0 Å². The first-order chi connectivity index (χ1) is 6.89. The third kappa shape index (κ3) is 4.92. The van der Waals surface area contributed by atoms with Gasteiger partial charge >= 0.3 is 0 Å². The van der Waals surface area contributed by atoms with E-state index in [1.807, 2.05) is 7.05 Å². The van der Waals surface area contributed by atoms with Gasteiger partial charge in [0.25, 0.3) is 0 Å². The number of nitrogens with zero attached hydrogens (tertiary/aromatic N) is 1. The summed E-state index contributed by atoms with van der Waals surface area (Å²) in [4.78, 5) is 2.08. The van der Waals surface area contributed by atoms with Gasteiger partial charge in [0.1, 0.15) is 0 Å². The molecule has 1 fully saturated rings. The van der Waals surface area contributed by atoms with E-state index in [2.05, 4.69) is 4.90 Å². The van der Waals surface area contributed by atoms with Crippen molar-refractivity contribution in [2.45, 2.75) is 19.1 Å². The minimum atomic E-state index is -3.08. The van der Waals surface area contributed by atoms with Crippen molar-refractivity contribution < 1.29 is 13.2 Å². The Morgan fingerprint density at radius 1 is 1.60 bits per heavy atom. The van der Waals surface area contributed by atoms with Gasteiger partial charge < -0.3 is 15.4 Å². The largest absolute Gasteiger partial charge is 0.375 e. The first-order valence-electron chi connectivity index (χ1n) is 5.15. The van der Waals surface area contributed by atoms with E-state index in [1.54, 1.807) is 6.92 Å². The first kappa shape index (κ1) is 12.9. The van der Waals surface area contributed by atoms with Crippen LogP contribution in [0.2, 0.25) is 0 Å². The molecule has 15 heavy (non-hydrogen) atoms. The molecule has 0 radical (unpaired) electrons. The molecule has 0 aromatic rings. The summed E-state index contributed by atoms with van der Waals surface area (Å²) < 4.78 is 28.7. The Morgan fingerprint density at radius 2 is 2.27 bits per heavy atom. The van der Waals surface area contributed by atoms with E-state index in [-0.39, 0.29) is 23.7 Å². The summed E-state index contributed by atoms with van der Waals surface area (Å²) in [6.45, 7) is 3.85. The van der Waals surface area contributed by atoms with Gasteiger partial charge in [0.05, 0.1) is 24.2 Å². The third-order valence-electron chi connectivity index (χ3n) is 2.30. The number of hydrogen-bond acceptors (Lipinski definition) is 5. The molecule has 1 saturated heterocycles. The fourth-order valence-electron chi connectivity index (χ4n) is 1.72. The first-order valence-corrected chi connectivity index (χ1v) is 6.97. The van der Waals surface area contributed by atoms with Crippen LogP contribution in [0.25, 0.3) is 0 Å². The average Bonchev–Trinajstić information content (AvgIpc) is 1.99. The van der Waals surface area contributed by atoms with Crippen LogP contribution >= 0.6 is 0 Å². The highest BCUT2D eigenvalue weighted by atomic mass is 32.2. The summed E-state index contributed by atoms with van der Waals surface area (Å²) in [6.07, 6.45) is -0.201. The highest BCUT2D eigenvalue weighted by molar-refractivity contribution is 7.91. The molecule has 2 unspecified atom stereocenters. The lowest BCUT2D eigenvalue weighted by Crippen LogP contribution is -2.44. The highest BCUT2D eigenvalue weighted by Crippen LogP contribution is 2.07. The van der Waals surface area contributed by atoms with Gasteiger partial charge in [-0.2, -0.15) is 0 Å². The average molecular weight is 236 g/mol. The quantitative estimate of drug-likeness (QED) is 0.683. The normalized spacial score (nSPS) is 26.5. The molecule has 0 aliphatic carbocycles. The van der Waals surface area contributed by atoms with Gasteiger partial charge in [0.15, 0.2) is 9.84 Å². The van der Waals surface area contributed by atoms with Gasteiger partial charge in [-0.15, -0.1) is 0 Å². The third-order valence-corrected chi connectivity index (χ3v) is 4.21. The Morgan fingerprint density at radius 3 is 2.80 bits per heavy atom. The number of hydrogen-bond donors (Lipinski definition) is 1. The molecule has 0 spiro atoms. The minimum Gasteiger partial charge on any atom is -0.375 e. The molecule has 1 heterocycles. The number of nitrogens with two attached hydrogens (primary N) is 1. The van der Waals surface area contributed by atoms with Gasteiger partial charge in [-0.3, -0.25) is 0 Å². The Bertz CT molecular complexity index is 290. The van der Waals surface area contributed by atoms with Crippen LogP contribution in [0.1, 0.15) is 6.92 Å². The molecule has 2 N–H and O–H groups in total. The van der Waals surface area contributed by atoms with E-state index in [0.29, 0.717) is 13.2 Å². The molecule has 90 valence electrons. The molecule has 0 aromatic heterocycles. The van der Waals surface area contributed by atoms with Crippen molar-refractivity contribution in [2.75, 3.05) is 38.2 Å². The van der Waals surface area contributed by atoms with E-state index >= 15 is 0 Å². The van der Waals surface area contributed by atoms with E-state index in [4.69, 9.17) is 10.5 Å². The van der Waals surface area contributed by atoms with Crippen LogP contribution in [-0.4, -0.2) is 63.7 Å². The van der Waals surface area contributed by atoms with Crippen molar-refractivity contribution in [2.24, 2.45) is 5.73 Å². The molecule has 2 atom stereocenters. The van der Waals surface area contributed by atoms with E-state index in [1.165, 1.54) is 0 Å². The van der Waals surface area contributed by atoms with E-state index in [0.717, 1.165) is 6.54 Å². The number of morpholine rings is 1. The Kier molecular flexibility index (Phi) is 4.51. The molecule has 1 rings (SSSR count). The molecular weight excluding hydrogens is 216 g/mol. The Balaban J connectivity index is 2.46. The lowest BCUT2D eigenvalue weighted by atomic mass is 10.3. The van der Waals surface area contributed by atoms with Crippen molar-refractivity contribution in [3.8, 4) is 0 Å². The van der Waals surface area contributed by atoms with Crippen molar-refractivity contribution in [3.63, 3.8) is 0 Å². The van der Waals surface area contributed by atoms with Crippen LogP contribution in [0.3, 0.4) is 0 Å². The molecule has 1 aliphatic heterocycles. The lowest BCUT2D eigenvalue weighted by molar-refractivity contribution is -0.00680. The van der Waals surface area contributed by atoms with Crippen molar-refractivity contribution >= 4 is 9.84 Å². The standard InChI is InChI=1S/C9H20N2O3S/c1-8(10)6-15(12,13)7-9-5-11(2)3-4-14-9/h8-9H,3-7,10H2,1-2H3. The van der Waals surface area contributed by atoms with Crippen molar-refractivity contribution in [1.82, 2.24) is 4.90 Å². The molecule has 0 saturated carbocycles. The molecule has 6 heteroatoms. The Hall–Kier alpha value is -0.170. The zero-order valence-corrected chi connectivity index (χ0v) is 10.2. The van der Waals surface area contributed by atoms with Crippen molar-refractivity contribution in [1.29, 1.82) is 0 Å². The highest BCUT2D eigenvalue weighted by Gasteiger charge is 2.24. The monoisotopic (exact) mass is 236 g/mol. The minimum absolute atomic E-state index is 0.0383. The van der Waals surface area contributed by atoms with Gasteiger partial charge in [0, 0.05) is 19.1 Å². The van der Waals surface area contributed by atoms with Gasteiger partial charge in [-0.05, 0) is 14.0 Å². The SMILES string of the molecule is CC(N)CS(=O)(=O)CC1CN(C)CCO1. The van der Waals surface area contributed by atoms with Gasteiger partial charge in [-0.25, -0.2) is 8.42 Å². The molecule has 0 amide bonds. The predicted molar refractivity (Wildman–Crippen MR) is 59.5 cm³/mol. The summed E-state index contributed by atoms with van der Waals surface area (Å²) >= 11 is 0. The van der Waals surface area contributed by atoms with Gasteiger partial charge in [0.2, 0.25) is 0 Å². The fourth-order valence-corrected chi connectivity index (χ4v) is 3.42. The van der Waals surface area contributed by atoms with Crippen LogP contribution < -0.4 is 5.73 Å². The lowest BCUT2D eigenvalue weighted by Gasteiger charge is -2.29. The topological polar surface area (TPSA) is 72.6 Å². The van der Waals surface area contributed by atoms with Crippen LogP contribution in [-0.2, 0) is 14.6 Å². The maximum Gasteiger partial charge on any atom is 0.154 e. The van der Waals surface area contributed by atoms with E-state index in [9.17, 15) is 8.42 Å². The molecule has 1 aliphatic rings. The number of ether oxygens (including phenoxy) is 1. The number of likely N-dealkylation sites (N-methyl/N-ethyl adjacent to an activating group) is 1. The van der Waals surface area contributed by atoms with Crippen molar-refractivity contribution in [3.05, 3.63) is 0 Å². The molecule has 0 bridgehead atoms. The zero-order valence-electron chi connectivity index (χ0n) is 9.35. The maximum absolute atomic E-state index is 11.6. The summed E-state index contributed by atoms with van der Waals surface area (Å²) in [6, 6.07) is -0.309. The summed E-state index contributed by atoms with van der Waals surface area (Å²) in [5.41, 5.74) is 5.48. The van der Waals surface area contributed by atoms with E-state index < -0.39 is 9.84 Å². The second-order valence-corrected chi connectivity index (χ2v) is 6.46. The second kappa shape index (κ2) is 5.25. The summed E-state index contributed by atoms with van der Waals surface area (Å²) in [5.74, 6) is 0.120. The predicted octanol–water partition coefficient (Wildman–Crippen LogP) is -0.921. The van der Waals surface area contributed by atoms with Gasteiger partial charge in [-0.1, -0.05) is 0 Å². The Labute approximate surface area is 91.5 Å². The molecular formula is C9H20N2O3S. The maximum atomic E-state index is 11.6. The fraction of sp³-hybridized carbons (Fsp3) is 1.00. The van der Waals surface area contributed by atoms with Crippen LogP contribution in [0.4, 0.5) is 0 Å². The zero-order chi connectivity index (χ0) is 11.5. The number of sulfone groups is 1.